The number of aliphatic hydroxyl groups excluding tert-OH is 1. The first kappa shape index (κ1) is 21.7. The largest absolute Gasteiger partial charge is 0.497 e. The Labute approximate surface area is 184 Å². The van der Waals surface area contributed by atoms with Crippen molar-refractivity contribution in [3.05, 3.63) is 47.5 Å². The summed E-state index contributed by atoms with van der Waals surface area (Å²) in [5, 5.41) is 9.66. The van der Waals surface area contributed by atoms with Gasteiger partial charge in [0.25, 0.3) is 0 Å². The van der Waals surface area contributed by atoms with Gasteiger partial charge in [0.2, 0.25) is 0 Å². The second kappa shape index (κ2) is 10.2. The number of hydrogen-bond acceptors (Lipinski definition) is 7. The highest BCUT2D eigenvalue weighted by molar-refractivity contribution is 5.43. The van der Waals surface area contributed by atoms with Crippen LogP contribution in [-0.4, -0.2) is 74.6 Å². The van der Waals surface area contributed by atoms with Gasteiger partial charge in [0.15, 0.2) is 11.5 Å². The van der Waals surface area contributed by atoms with Crippen molar-refractivity contribution in [1.29, 1.82) is 0 Å². The number of hydrogen-bond donors (Lipinski definition) is 1. The summed E-state index contributed by atoms with van der Waals surface area (Å²) in [4.78, 5) is 4.90. The summed E-state index contributed by atoms with van der Waals surface area (Å²) >= 11 is 0. The Kier molecular flexibility index (Phi) is 7.17. The molecule has 0 bridgehead atoms. The maximum atomic E-state index is 9.66. The minimum absolute atomic E-state index is 0.181. The fourth-order valence-electron chi connectivity index (χ4n) is 4.37. The summed E-state index contributed by atoms with van der Waals surface area (Å²) in [6, 6.07) is 12.5. The zero-order valence-electron chi connectivity index (χ0n) is 18.4. The predicted octanol–water partition coefficient (Wildman–Crippen LogP) is 2.54. The van der Waals surface area contributed by atoms with E-state index in [0.717, 1.165) is 67.7 Å². The van der Waals surface area contributed by atoms with Crippen LogP contribution in [0, 0.1) is 0 Å². The molecule has 2 heterocycles. The van der Waals surface area contributed by atoms with E-state index in [1.807, 2.05) is 12.1 Å². The molecule has 31 heavy (non-hydrogen) atoms. The van der Waals surface area contributed by atoms with Crippen molar-refractivity contribution < 1.29 is 24.1 Å². The molecule has 7 heteroatoms. The fraction of sp³-hybridized carbons (Fsp3) is 0.500. The lowest BCUT2D eigenvalue weighted by atomic mass is 10.1. The molecule has 0 radical (unpaired) electrons. The van der Waals surface area contributed by atoms with Gasteiger partial charge in [-0.1, -0.05) is 6.07 Å². The summed E-state index contributed by atoms with van der Waals surface area (Å²) in [5.74, 6) is 3.25. The third-order valence-corrected chi connectivity index (χ3v) is 5.96. The highest BCUT2D eigenvalue weighted by Gasteiger charge is 2.27. The summed E-state index contributed by atoms with van der Waals surface area (Å²) < 4.78 is 22.2. The molecular weight excluding hydrogens is 396 g/mol. The number of aliphatic hydroxyl groups is 1. The molecule has 2 aromatic carbocycles. The standard InChI is InChI=1S/C24H32N2O5/c1-28-21-11-19(12-22(14-21)29-2)16-26-7-6-25(17-20(26)5-8-27)15-18-3-4-23-24(13-18)31-10-9-30-23/h3-4,11-14,20,27H,5-10,15-17H2,1-2H3/t20-/m0/s1. The zero-order chi connectivity index (χ0) is 21.6. The van der Waals surface area contributed by atoms with Gasteiger partial charge in [-0.15, -0.1) is 0 Å². The fourth-order valence-corrected chi connectivity index (χ4v) is 4.37. The molecule has 0 spiro atoms. The minimum atomic E-state index is 0.181. The Balaban J connectivity index is 1.41. The number of piperazine rings is 1. The highest BCUT2D eigenvalue weighted by atomic mass is 16.6. The van der Waals surface area contributed by atoms with Gasteiger partial charge < -0.3 is 24.1 Å². The summed E-state index contributed by atoms with van der Waals surface area (Å²) in [5.41, 5.74) is 2.37. The van der Waals surface area contributed by atoms with Crippen LogP contribution in [0.3, 0.4) is 0 Å². The number of benzene rings is 2. The van der Waals surface area contributed by atoms with E-state index in [-0.39, 0.29) is 12.6 Å². The molecule has 0 unspecified atom stereocenters. The SMILES string of the molecule is COc1cc(CN2CCN(Cc3ccc4c(c3)OCCO4)C[C@@H]2CCO)cc(OC)c1. The van der Waals surface area contributed by atoms with Crippen LogP contribution in [0.1, 0.15) is 17.5 Å². The van der Waals surface area contributed by atoms with Gasteiger partial charge in [-0.25, -0.2) is 0 Å². The van der Waals surface area contributed by atoms with Crippen LogP contribution in [-0.2, 0) is 13.1 Å². The van der Waals surface area contributed by atoms with E-state index in [1.165, 1.54) is 5.56 Å². The molecule has 0 saturated carbocycles. The van der Waals surface area contributed by atoms with Gasteiger partial charge in [0, 0.05) is 51.4 Å². The van der Waals surface area contributed by atoms with Crippen molar-refractivity contribution in [2.75, 3.05) is 53.7 Å². The monoisotopic (exact) mass is 428 g/mol. The number of rotatable bonds is 8. The second-order valence-electron chi connectivity index (χ2n) is 8.07. The van der Waals surface area contributed by atoms with Crippen molar-refractivity contribution >= 4 is 0 Å². The lowest BCUT2D eigenvalue weighted by molar-refractivity contribution is 0.0498. The van der Waals surface area contributed by atoms with Gasteiger partial charge in [0.1, 0.15) is 24.7 Å². The first-order valence-corrected chi connectivity index (χ1v) is 10.9. The van der Waals surface area contributed by atoms with E-state index in [4.69, 9.17) is 18.9 Å². The van der Waals surface area contributed by atoms with E-state index in [0.29, 0.717) is 13.2 Å². The van der Waals surface area contributed by atoms with Gasteiger partial charge in [-0.05, 0) is 41.8 Å². The van der Waals surface area contributed by atoms with Crippen LogP contribution < -0.4 is 18.9 Å². The molecule has 0 amide bonds. The number of methoxy groups -OCH3 is 2. The average molecular weight is 429 g/mol. The zero-order valence-corrected chi connectivity index (χ0v) is 18.4. The van der Waals surface area contributed by atoms with Crippen molar-refractivity contribution in [3.8, 4) is 23.0 Å². The van der Waals surface area contributed by atoms with Crippen molar-refractivity contribution in [3.63, 3.8) is 0 Å². The number of nitrogens with zero attached hydrogens (tertiary/aromatic N) is 2. The van der Waals surface area contributed by atoms with E-state index in [9.17, 15) is 5.11 Å². The highest BCUT2D eigenvalue weighted by Crippen LogP contribution is 2.31. The molecular formula is C24H32N2O5. The predicted molar refractivity (Wildman–Crippen MR) is 118 cm³/mol. The number of fused-ring (bicyclic) bond motifs is 1. The van der Waals surface area contributed by atoms with E-state index < -0.39 is 0 Å². The van der Waals surface area contributed by atoms with Crippen LogP contribution >= 0.6 is 0 Å². The quantitative estimate of drug-likeness (QED) is 0.693. The van der Waals surface area contributed by atoms with Crippen molar-refractivity contribution in [2.24, 2.45) is 0 Å². The minimum Gasteiger partial charge on any atom is -0.497 e. The third-order valence-electron chi connectivity index (χ3n) is 5.96. The summed E-state index contributed by atoms with van der Waals surface area (Å²) in [6.07, 6.45) is 0.749. The first-order valence-electron chi connectivity index (χ1n) is 10.9. The molecule has 4 rings (SSSR count). The van der Waals surface area contributed by atoms with Crippen LogP contribution in [0.5, 0.6) is 23.0 Å². The molecule has 2 aromatic rings. The Morgan fingerprint density at radius 2 is 1.65 bits per heavy atom. The maximum absolute atomic E-state index is 9.66. The summed E-state index contributed by atoms with van der Waals surface area (Å²) in [7, 11) is 3.34. The van der Waals surface area contributed by atoms with E-state index in [1.54, 1.807) is 14.2 Å². The third kappa shape index (κ3) is 5.42. The topological polar surface area (TPSA) is 63.6 Å². The Morgan fingerprint density at radius 3 is 2.35 bits per heavy atom. The maximum Gasteiger partial charge on any atom is 0.161 e. The lowest BCUT2D eigenvalue weighted by Crippen LogP contribution is -2.52. The first-order chi connectivity index (χ1) is 15.2. The Morgan fingerprint density at radius 1 is 0.903 bits per heavy atom. The van der Waals surface area contributed by atoms with Crippen LogP contribution in [0.15, 0.2) is 36.4 Å². The van der Waals surface area contributed by atoms with Crippen LogP contribution in [0.25, 0.3) is 0 Å². The average Bonchev–Trinajstić information content (AvgIpc) is 2.80. The molecule has 2 aliphatic heterocycles. The number of ether oxygens (including phenoxy) is 4. The Hall–Kier alpha value is -2.48. The lowest BCUT2D eigenvalue weighted by Gasteiger charge is -2.41. The normalized spacial score (nSPS) is 19.3. The van der Waals surface area contributed by atoms with Gasteiger partial charge >= 0.3 is 0 Å². The molecule has 0 aliphatic carbocycles. The molecule has 168 valence electrons. The molecule has 0 aromatic heterocycles. The molecule has 1 saturated heterocycles. The van der Waals surface area contributed by atoms with Crippen molar-refractivity contribution in [1.82, 2.24) is 9.80 Å². The Bertz CT molecular complexity index is 853. The molecule has 1 N–H and O–H groups in total. The van der Waals surface area contributed by atoms with E-state index in [2.05, 4.69) is 34.1 Å². The van der Waals surface area contributed by atoms with Crippen molar-refractivity contribution in [2.45, 2.75) is 25.6 Å². The van der Waals surface area contributed by atoms with Crippen LogP contribution in [0.4, 0.5) is 0 Å². The van der Waals surface area contributed by atoms with Gasteiger partial charge in [-0.3, -0.25) is 9.80 Å². The molecule has 1 fully saturated rings. The molecule has 1 atom stereocenters. The van der Waals surface area contributed by atoms with Gasteiger partial charge in [0.05, 0.1) is 14.2 Å². The van der Waals surface area contributed by atoms with E-state index >= 15 is 0 Å². The molecule has 2 aliphatic rings. The summed E-state index contributed by atoms with van der Waals surface area (Å²) in [6.45, 7) is 5.87. The molecule has 7 nitrogen and oxygen atoms in total. The second-order valence-corrected chi connectivity index (χ2v) is 8.07. The van der Waals surface area contributed by atoms with Crippen LogP contribution in [0.2, 0.25) is 0 Å². The van der Waals surface area contributed by atoms with Gasteiger partial charge in [-0.2, -0.15) is 0 Å². The smallest absolute Gasteiger partial charge is 0.161 e.